The first-order valence-corrected chi connectivity index (χ1v) is 4.01. The second-order valence-corrected chi connectivity index (χ2v) is 2.92. The number of halogens is 2. The van der Waals surface area contributed by atoms with Crippen LogP contribution in [-0.4, -0.2) is 7.11 Å². The summed E-state index contributed by atoms with van der Waals surface area (Å²) in [6.07, 6.45) is 1.45. The molecule has 0 aliphatic heterocycles. The van der Waals surface area contributed by atoms with E-state index in [0.29, 0.717) is 5.58 Å². The summed E-state index contributed by atoms with van der Waals surface area (Å²) in [6, 6.07) is 3.24. The van der Waals surface area contributed by atoms with E-state index >= 15 is 0 Å². The van der Waals surface area contributed by atoms with Gasteiger partial charge in [-0.15, -0.1) is 0 Å². The molecule has 0 bridgehead atoms. The van der Waals surface area contributed by atoms with E-state index in [-0.39, 0.29) is 10.8 Å². The Morgan fingerprint density at radius 2 is 2.31 bits per heavy atom. The van der Waals surface area contributed by atoms with Crippen molar-refractivity contribution in [1.29, 1.82) is 0 Å². The van der Waals surface area contributed by atoms with Crippen LogP contribution < -0.4 is 4.74 Å². The minimum absolute atomic E-state index is 0.0423. The molecule has 4 heteroatoms. The smallest absolute Gasteiger partial charge is 0.187 e. The molecule has 68 valence electrons. The van der Waals surface area contributed by atoms with E-state index in [9.17, 15) is 4.39 Å². The molecule has 2 rings (SSSR count). The summed E-state index contributed by atoms with van der Waals surface area (Å²) >= 11 is 5.70. The molecule has 2 nitrogen and oxygen atoms in total. The van der Waals surface area contributed by atoms with Gasteiger partial charge in [0.25, 0.3) is 0 Å². The summed E-state index contributed by atoms with van der Waals surface area (Å²) in [5.74, 6) is -0.467. The number of furan rings is 1. The highest BCUT2D eigenvalue weighted by Gasteiger charge is 2.13. The standard InChI is InChI=1S/C9H6ClFO2/c1-12-6-4-5-2-3-13-9(5)7(10)8(6)11/h2-4H,1H3. The van der Waals surface area contributed by atoms with Crippen molar-refractivity contribution < 1.29 is 13.5 Å². The van der Waals surface area contributed by atoms with Gasteiger partial charge in [-0.2, -0.15) is 0 Å². The second-order valence-electron chi connectivity index (χ2n) is 2.55. The Morgan fingerprint density at radius 1 is 1.54 bits per heavy atom. The Balaban J connectivity index is 2.83. The Labute approximate surface area is 78.9 Å². The van der Waals surface area contributed by atoms with Crippen LogP contribution in [-0.2, 0) is 0 Å². The highest BCUT2D eigenvalue weighted by Crippen LogP contribution is 2.33. The average Bonchev–Trinajstić information content (AvgIpc) is 2.59. The molecule has 2 aromatic rings. The predicted molar refractivity (Wildman–Crippen MR) is 47.7 cm³/mol. The van der Waals surface area contributed by atoms with E-state index in [0.717, 1.165) is 5.39 Å². The van der Waals surface area contributed by atoms with E-state index in [1.54, 1.807) is 12.1 Å². The number of hydrogen-bond donors (Lipinski definition) is 0. The quantitative estimate of drug-likeness (QED) is 0.705. The fourth-order valence-electron chi connectivity index (χ4n) is 1.17. The lowest BCUT2D eigenvalue weighted by Crippen LogP contribution is -1.88. The molecule has 0 saturated heterocycles. The summed E-state index contributed by atoms with van der Waals surface area (Å²) in [7, 11) is 1.39. The molecule has 0 aliphatic rings. The molecule has 0 atom stereocenters. The first kappa shape index (κ1) is 8.38. The van der Waals surface area contributed by atoms with Crippen molar-refractivity contribution in [1.82, 2.24) is 0 Å². The Morgan fingerprint density at radius 3 is 3.00 bits per heavy atom. The van der Waals surface area contributed by atoms with Crippen LogP contribution in [0.3, 0.4) is 0 Å². The molecule has 13 heavy (non-hydrogen) atoms. The van der Waals surface area contributed by atoms with Gasteiger partial charge in [-0.05, 0) is 12.1 Å². The van der Waals surface area contributed by atoms with Crippen LogP contribution in [0.1, 0.15) is 0 Å². The van der Waals surface area contributed by atoms with Crippen LogP contribution in [0.2, 0.25) is 5.02 Å². The van der Waals surface area contributed by atoms with Crippen LogP contribution in [0.25, 0.3) is 11.0 Å². The minimum Gasteiger partial charge on any atom is -0.494 e. The van der Waals surface area contributed by atoms with E-state index < -0.39 is 5.82 Å². The van der Waals surface area contributed by atoms with Crippen molar-refractivity contribution in [2.75, 3.05) is 7.11 Å². The zero-order valence-corrected chi connectivity index (χ0v) is 7.56. The zero-order chi connectivity index (χ0) is 9.42. The van der Waals surface area contributed by atoms with Gasteiger partial charge in [0, 0.05) is 5.39 Å². The van der Waals surface area contributed by atoms with Gasteiger partial charge >= 0.3 is 0 Å². The topological polar surface area (TPSA) is 22.4 Å². The number of benzene rings is 1. The third-order valence-corrected chi connectivity index (χ3v) is 2.15. The van der Waals surface area contributed by atoms with Gasteiger partial charge in [-0.25, -0.2) is 4.39 Å². The van der Waals surface area contributed by atoms with Gasteiger partial charge < -0.3 is 9.15 Å². The van der Waals surface area contributed by atoms with E-state index in [2.05, 4.69) is 0 Å². The Bertz CT molecular complexity index is 450. The molecule has 0 N–H and O–H groups in total. The molecule has 1 aromatic carbocycles. The van der Waals surface area contributed by atoms with Crippen molar-refractivity contribution in [3.63, 3.8) is 0 Å². The first-order chi connectivity index (χ1) is 6.24. The van der Waals surface area contributed by atoms with Crippen LogP contribution in [0.15, 0.2) is 22.8 Å². The zero-order valence-electron chi connectivity index (χ0n) is 6.80. The number of fused-ring (bicyclic) bond motifs is 1. The molecule has 0 unspecified atom stereocenters. The van der Waals surface area contributed by atoms with E-state index in [1.807, 2.05) is 0 Å². The summed E-state index contributed by atoms with van der Waals surface area (Å²) in [6.45, 7) is 0. The molecule has 0 saturated carbocycles. The van der Waals surface area contributed by atoms with Crippen molar-refractivity contribution in [3.8, 4) is 5.75 Å². The monoisotopic (exact) mass is 200 g/mol. The molecule has 0 radical (unpaired) electrons. The summed E-state index contributed by atoms with van der Waals surface area (Å²) in [4.78, 5) is 0. The lowest BCUT2D eigenvalue weighted by Gasteiger charge is -2.02. The molecule has 0 fully saturated rings. The molecule has 1 heterocycles. The summed E-state index contributed by atoms with van der Waals surface area (Å²) < 4.78 is 23.1. The van der Waals surface area contributed by atoms with Crippen molar-refractivity contribution in [3.05, 3.63) is 29.2 Å². The normalized spacial score (nSPS) is 10.7. The second kappa shape index (κ2) is 2.92. The van der Waals surface area contributed by atoms with Crippen molar-refractivity contribution in [2.45, 2.75) is 0 Å². The number of rotatable bonds is 1. The number of hydrogen-bond acceptors (Lipinski definition) is 2. The first-order valence-electron chi connectivity index (χ1n) is 3.63. The lowest BCUT2D eigenvalue weighted by molar-refractivity contribution is 0.387. The maximum absolute atomic E-state index is 13.3. The molecule has 0 aliphatic carbocycles. The summed E-state index contributed by atoms with van der Waals surface area (Å²) in [5, 5.41) is 0.683. The molecular formula is C9H6ClFO2. The van der Waals surface area contributed by atoms with E-state index in [4.69, 9.17) is 20.8 Å². The predicted octanol–water partition coefficient (Wildman–Crippen LogP) is 3.23. The van der Waals surface area contributed by atoms with Gasteiger partial charge in [0.05, 0.1) is 13.4 Å². The van der Waals surface area contributed by atoms with Crippen LogP contribution >= 0.6 is 11.6 Å². The number of methoxy groups -OCH3 is 1. The van der Waals surface area contributed by atoms with Gasteiger partial charge in [-0.1, -0.05) is 11.6 Å². The third-order valence-electron chi connectivity index (χ3n) is 1.81. The lowest BCUT2D eigenvalue weighted by atomic mass is 10.2. The third kappa shape index (κ3) is 1.16. The Hall–Kier alpha value is -1.22. The molecule has 0 spiro atoms. The van der Waals surface area contributed by atoms with E-state index in [1.165, 1.54) is 13.4 Å². The van der Waals surface area contributed by atoms with Gasteiger partial charge in [0.2, 0.25) is 0 Å². The van der Waals surface area contributed by atoms with Gasteiger partial charge in [-0.3, -0.25) is 0 Å². The highest BCUT2D eigenvalue weighted by atomic mass is 35.5. The van der Waals surface area contributed by atoms with Gasteiger partial charge in [0.1, 0.15) is 5.02 Å². The van der Waals surface area contributed by atoms with Crippen LogP contribution in [0.4, 0.5) is 4.39 Å². The average molecular weight is 201 g/mol. The molecular weight excluding hydrogens is 195 g/mol. The SMILES string of the molecule is COc1cc2ccoc2c(Cl)c1F. The largest absolute Gasteiger partial charge is 0.494 e. The molecule has 0 amide bonds. The van der Waals surface area contributed by atoms with Crippen LogP contribution in [0, 0.1) is 5.82 Å². The maximum atomic E-state index is 13.3. The van der Waals surface area contributed by atoms with Crippen LogP contribution in [0.5, 0.6) is 5.75 Å². The highest BCUT2D eigenvalue weighted by molar-refractivity contribution is 6.35. The minimum atomic E-state index is -0.591. The number of ether oxygens (including phenoxy) is 1. The fourth-order valence-corrected chi connectivity index (χ4v) is 1.42. The fraction of sp³-hybridized carbons (Fsp3) is 0.111. The van der Waals surface area contributed by atoms with Crippen molar-refractivity contribution in [2.24, 2.45) is 0 Å². The Kier molecular flexibility index (Phi) is 1.88. The van der Waals surface area contributed by atoms with Gasteiger partial charge in [0.15, 0.2) is 17.1 Å². The van der Waals surface area contributed by atoms with Crippen molar-refractivity contribution >= 4 is 22.6 Å². The summed E-state index contributed by atoms with van der Waals surface area (Å²) in [5.41, 5.74) is 0.347. The maximum Gasteiger partial charge on any atom is 0.187 e. The molecule has 1 aromatic heterocycles.